The molecule has 5 heteroatoms. The first-order chi connectivity index (χ1) is 11.8. The highest BCUT2D eigenvalue weighted by Gasteiger charge is 2.24. The molecular formula is C19H26N4O. The molecule has 1 atom stereocenters. The monoisotopic (exact) mass is 326 g/mol. The molecule has 1 aliphatic rings. The molecule has 2 heterocycles. The van der Waals surface area contributed by atoms with Gasteiger partial charge in [-0.15, -0.1) is 0 Å². The Hall–Kier alpha value is -2.14. The minimum absolute atomic E-state index is 0.123. The van der Waals surface area contributed by atoms with Gasteiger partial charge in [-0.25, -0.2) is 0 Å². The van der Waals surface area contributed by atoms with Crippen LogP contribution in [0.4, 0.5) is 0 Å². The zero-order valence-corrected chi connectivity index (χ0v) is 14.1. The van der Waals surface area contributed by atoms with Crippen LogP contribution in [-0.4, -0.2) is 46.3 Å². The fourth-order valence-electron chi connectivity index (χ4n) is 3.33. The predicted octanol–water partition coefficient (Wildman–Crippen LogP) is 2.10. The molecular weight excluding hydrogens is 300 g/mol. The maximum Gasteiger partial charge on any atom is 0.234 e. The summed E-state index contributed by atoms with van der Waals surface area (Å²) in [6.07, 6.45) is 8.22. The first-order valence-corrected chi connectivity index (χ1v) is 8.83. The molecule has 2 aromatic rings. The Kier molecular flexibility index (Phi) is 6.01. The smallest absolute Gasteiger partial charge is 0.234 e. The van der Waals surface area contributed by atoms with Crippen molar-refractivity contribution in [3.63, 3.8) is 0 Å². The number of aromatic nitrogens is 2. The van der Waals surface area contributed by atoms with E-state index in [1.165, 1.54) is 18.4 Å². The fourth-order valence-corrected chi connectivity index (χ4v) is 3.33. The highest BCUT2D eigenvalue weighted by atomic mass is 16.2. The van der Waals surface area contributed by atoms with Gasteiger partial charge in [0.25, 0.3) is 0 Å². The van der Waals surface area contributed by atoms with Gasteiger partial charge in [-0.1, -0.05) is 36.8 Å². The maximum atomic E-state index is 12.3. The third-order valence-corrected chi connectivity index (χ3v) is 4.63. The molecule has 24 heavy (non-hydrogen) atoms. The largest absolute Gasteiger partial charge is 0.355 e. The number of hydrogen-bond acceptors (Lipinski definition) is 3. The van der Waals surface area contributed by atoms with Gasteiger partial charge in [0.2, 0.25) is 5.91 Å². The second kappa shape index (κ2) is 8.64. The van der Waals surface area contributed by atoms with E-state index in [-0.39, 0.29) is 5.91 Å². The first kappa shape index (κ1) is 16.7. The Labute approximate surface area is 143 Å². The number of hydrogen-bond donors (Lipinski definition) is 1. The number of rotatable bonds is 7. The molecule has 1 amide bonds. The van der Waals surface area contributed by atoms with Crippen LogP contribution < -0.4 is 5.32 Å². The number of amides is 1. The first-order valence-electron chi connectivity index (χ1n) is 8.83. The molecule has 1 aliphatic heterocycles. The third-order valence-electron chi connectivity index (χ3n) is 4.63. The van der Waals surface area contributed by atoms with E-state index in [2.05, 4.69) is 27.4 Å². The van der Waals surface area contributed by atoms with E-state index >= 15 is 0 Å². The molecule has 1 fully saturated rings. The third kappa shape index (κ3) is 4.93. The normalized spacial score (nSPS) is 18.4. The van der Waals surface area contributed by atoms with E-state index in [0.717, 1.165) is 25.9 Å². The second-order valence-electron chi connectivity index (χ2n) is 6.43. The molecule has 0 spiro atoms. The van der Waals surface area contributed by atoms with Crippen LogP contribution >= 0.6 is 0 Å². The lowest BCUT2D eigenvalue weighted by Gasteiger charge is -2.35. The summed E-state index contributed by atoms with van der Waals surface area (Å²) in [5, 5.41) is 7.35. The van der Waals surface area contributed by atoms with Gasteiger partial charge in [0.15, 0.2) is 0 Å². The van der Waals surface area contributed by atoms with E-state index in [1.807, 2.05) is 41.3 Å². The maximum absolute atomic E-state index is 12.3. The summed E-state index contributed by atoms with van der Waals surface area (Å²) < 4.78 is 1.97. The summed E-state index contributed by atoms with van der Waals surface area (Å²) in [4.78, 5) is 14.6. The average molecular weight is 326 g/mol. The van der Waals surface area contributed by atoms with Crippen molar-refractivity contribution in [1.29, 1.82) is 0 Å². The molecule has 0 unspecified atom stereocenters. The van der Waals surface area contributed by atoms with Gasteiger partial charge in [0.05, 0.1) is 13.1 Å². The molecule has 1 saturated heterocycles. The van der Waals surface area contributed by atoms with Crippen LogP contribution in [0.15, 0.2) is 48.8 Å². The van der Waals surface area contributed by atoms with Gasteiger partial charge >= 0.3 is 0 Å². The van der Waals surface area contributed by atoms with Crippen molar-refractivity contribution in [2.75, 3.05) is 19.6 Å². The van der Waals surface area contributed by atoms with Crippen molar-refractivity contribution < 1.29 is 4.79 Å². The van der Waals surface area contributed by atoms with Crippen molar-refractivity contribution in [3.8, 4) is 0 Å². The zero-order chi connectivity index (χ0) is 16.6. The predicted molar refractivity (Wildman–Crippen MR) is 94.6 cm³/mol. The Balaban J connectivity index is 1.44. The molecule has 3 rings (SSSR count). The molecule has 5 nitrogen and oxygen atoms in total. The lowest BCUT2D eigenvalue weighted by atomic mass is 10.0. The van der Waals surface area contributed by atoms with Gasteiger partial charge in [-0.3, -0.25) is 14.4 Å². The number of carbonyl (C=O) groups is 1. The van der Waals surface area contributed by atoms with E-state index in [4.69, 9.17) is 0 Å². The van der Waals surface area contributed by atoms with Crippen molar-refractivity contribution in [2.24, 2.45) is 0 Å². The lowest BCUT2D eigenvalue weighted by molar-refractivity contribution is -0.123. The molecule has 0 aliphatic carbocycles. The molecule has 128 valence electrons. The van der Waals surface area contributed by atoms with Crippen LogP contribution in [0.2, 0.25) is 0 Å². The van der Waals surface area contributed by atoms with Crippen LogP contribution in [0.1, 0.15) is 24.8 Å². The van der Waals surface area contributed by atoms with E-state index in [0.29, 0.717) is 19.1 Å². The molecule has 0 radical (unpaired) electrons. The van der Waals surface area contributed by atoms with Crippen LogP contribution in [0.25, 0.3) is 0 Å². The quantitative estimate of drug-likeness (QED) is 0.848. The van der Waals surface area contributed by atoms with Gasteiger partial charge in [0, 0.05) is 25.0 Å². The zero-order valence-electron chi connectivity index (χ0n) is 14.1. The second-order valence-corrected chi connectivity index (χ2v) is 6.43. The number of benzene rings is 1. The Morgan fingerprint density at radius 3 is 2.88 bits per heavy atom. The van der Waals surface area contributed by atoms with Crippen molar-refractivity contribution in [3.05, 3.63) is 54.4 Å². The number of likely N-dealkylation sites (tertiary alicyclic amines) is 1. The van der Waals surface area contributed by atoms with Crippen LogP contribution in [0.3, 0.4) is 0 Å². The summed E-state index contributed by atoms with van der Waals surface area (Å²) in [7, 11) is 0. The minimum atomic E-state index is 0.123. The summed E-state index contributed by atoms with van der Waals surface area (Å²) in [6.45, 7) is 3.05. The number of carbonyl (C=O) groups excluding carboxylic acids is 1. The van der Waals surface area contributed by atoms with Gasteiger partial charge in [0.1, 0.15) is 0 Å². The summed E-state index contributed by atoms with van der Waals surface area (Å²) in [6, 6.07) is 12.6. The van der Waals surface area contributed by atoms with Gasteiger partial charge < -0.3 is 5.32 Å². The standard InChI is InChI=1S/C19H26N4O/c24-19(20-12-10-17-7-2-1-3-8-17)16-22-13-5-4-9-18(22)15-23-14-6-11-21-23/h1-3,6-8,11,14,18H,4-5,9-10,12-13,15-16H2,(H,20,24)/t18-/m0/s1. The molecule has 1 N–H and O–H groups in total. The summed E-state index contributed by atoms with van der Waals surface area (Å²) in [5.74, 6) is 0.123. The Morgan fingerprint density at radius 1 is 1.21 bits per heavy atom. The Morgan fingerprint density at radius 2 is 2.08 bits per heavy atom. The highest BCUT2D eigenvalue weighted by molar-refractivity contribution is 5.78. The van der Waals surface area contributed by atoms with E-state index in [1.54, 1.807) is 0 Å². The van der Waals surface area contributed by atoms with Crippen molar-refractivity contribution in [2.45, 2.75) is 38.3 Å². The fraction of sp³-hybridized carbons (Fsp3) is 0.474. The van der Waals surface area contributed by atoms with Crippen LogP contribution in [-0.2, 0) is 17.8 Å². The van der Waals surface area contributed by atoms with Crippen molar-refractivity contribution in [1.82, 2.24) is 20.0 Å². The number of nitrogens with one attached hydrogen (secondary N) is 1. The number of nitrogens with zero attached hydrogens (tertiary/aromatic N) is 3. The topological polar surface area (TPSA) is 50.2 Å². The average Bonchev–Trinajstić information content (AvgIpc) is 3.11. The highest BCUT2D eigenvalue weighted by Crippen LogP contribution is 2.18. The Bertz CT molecular complexity index is 612. The lowest BCUT2D eigenvalue weighted by Crippen LogP contribution is -2.47. The molecule has 1 aromatic carbocycles. The van der Waals surface area contributed by atoms with Crippen LogP contribution in [0.5, 0.6) is 0 Å². The molecule has 1 aromatic heterocycles. The molecule has 0 saturated carbocycles. The summed E-state index contributed by atoms with van der Waals surface area (Å²) >= 11 is 0. The van der Waals surface area contributed by atoms with Crippen molar-refractivity contribution >= 4 is 5.91 Å². The van der Waals surface area contributed by atoms with Crippen LogP contribution in [0, 0.1) is 0 Å². The van der Waals surface area contributed by atoms with Gasteiger partial charge in [-0.05, 0) is 37.4 Å². The number of piperidine rings is 1. The van der Waals surface area contributed by atoms with Gasteiger partial charge in [-0.2, -0.15) is 5.10 Å². The summed E-state index contributed by atoms with van der Waals surface area (Å²) in [5.41, 5.74) is 1.26. The minimum Gasteiger partial charge on any atom is -0.355 e. The van der Waals surface area contributed by atoms with E-state index in [9.17, 15) is 4.79 Å². The molecule has 0 bridgehead atoms. The van der Waals surface area contributed by atoms with E-state index < -0.39 is 0 Å². The SMILES string of the molecule is O=C(CN1CCCC[C@H]1Cn1cccn1)NCCc1ccccc1.